The highest BCUT2D eigenvalue weighted by atomic mass is 19.4. The van der Waals surface area contributed by atoms with Crippen LogP contribution in [-0.2, 0) is 4.74 Å². The first-order valence-corrected chi connectivity index (χ1v) is 9.94. The summed E-state index contributed by atoms with van der Waals surface area (Å²) in [5.41, 5.74) is 1.02. The van der Waals surface area contributed by atoms with E-state index in [0.29, 0.717) is 44.7 Å². The van der Waals surface area contributed by atoms with E-state index >= 15 is 0 Å². The lowest BCUT2D eigenvalue weighted by molar-refractivity contribution is -0.154. The number of halogens is 3. The molecule has 162 valence electrons. The van der Waals surface area contributed by atoms with E-state index in [2.05, 4.69) is 19.9 Å². The summed E-state index contributed by atoms with van der Waals surface area (Å²) in [4.78, 5) is 21.0. The van der Waals surface area contributed by atoms with Crippen molar-refractivity contribution < 1.29 is 22.6 Å². The van der Waals surface area contributed by atoms with Gasteiger partial charge in [-0.05, 0) is 30.9 Å². The van der Waals surface area contributed by atoms with Crippen LogP contribution in [0.3, 0.4) is 0 Å². The fourth-order valence-corrected chi connectivity index (χ4v) is 3.67. The molecule has 2 saturated heterocycles. The second kappa shape index (κ2) is 8.99. The Kier molecular flexibility index (Phi) is 6.16. The SMILES string of the molecule is FC(F)(F)COc1nc(N2CCOCC2)nc(N2CCCC[C@H]2c2cccnc2)n1. The van der Waals surface area contributed by atoms with Crippen LogP contribution < -0.4 is 14.5 Å². The molecule has 0 bridgehead atoms. The number of pyridine rings is 1. The molecular formula is C19H23F3N6O2. The smallest absolute Gasteiger partial charge is 0.422 e. The van der Waals surface area contributed by atoms with Crippen molar-refractivity contribution in [3.05, 3.63) is 30.1 Å². The molecule has 2 fully saturated rings. The van der Waals surface area contributed by atoms with Crippen molar-refractivity contribution in [1.82, 2.24) is 19.9 Å². The lowest BCUT2D eigenvalue weighted by atomic mass is 9.97. The molecule has 0 radical (unpaired) electrons. The van der Waals surface area contributed by atoms with Gasteiger partial charge in [0.15, 0.2) is 6.61 Å². The first-order valence-electron chi connectivity index (χ1n) is 9.94. The second-order valence-corrected chi connectivity index (χ2v) is 7.21. The zero-order valence-electron chi connectivity index (χ0n) is 16.4. The molecule has 0 amide bonds. The third kappa shape index (κ3) is 5.07. The van der Waals surface area contributed by atoms with Gasteiger partial charge in [-0.15, -0.1) is 0 Å². The molecular weight excluding hydrogens is 401 g/mol. The number of hydrogen-bond acceptors (Lipinski definition) is 8. The van der Waals surface area contributed by atoms with E-state index in [1.807, 2.05) is 21.9 Å². The highest BCUT2D eigenvalue weighted by Gasteiger charge is 2.31. The van der Waals surface area contributed by atoms with Gasteiger partial charge in [-0.25, -0.2) is 0 Å². The Hall–Kier alpha value is -2.69. The van der Waals surface area contributed by atoms with Crippen molar-refractivity contribution in [3.8, 4) is 6.01 Å². The fourth-order valence-electron chi connectivity index (χ4n) is 3.67. The van der Waals surface area contributed by atoms with Crippen molar-refractivity contribution in [1.29, 1.82) is 0 Å². The number of alkyl halides is 3. The number of morpholine rings is 1. The van der Waals surface area contributed by atoms with Gasteiger partial charge >= 0.3 is 12.2 Å². The van der Waals surface area contributed by atoms with E-state index in [1.165, 1.54) is 0 Å². The van der Waals surface area contributed by atoms with Gasteiger partial charge in [-0.3, -0.25) is 4.98 Å². The van der Waals surface area contributed by atoms with Crippen LogP contribution in [0.5, 0.6) is 6.01 Å². The van der Waals surface area contributed by atoms with E-state index in [1.54, 1.807) is 12.4 Å². The van der Waals surface area contributed by atoms with Gasteiger partial charge in [0.1, 0.15) is 0 Å². The number of nitrogens with zero attached hydrogens (tertiary/aromatic N) is 6. The normalized spacial score (nSPS) is 20.3. The predicted molar refractivity (Wildman–Crippen MR) is 103 cm³/mol. The number of rotatable bonds is 5. The van der Waals surface area contributed by atoms with Gasteiger partial charge in [-0.1, -0.05) is 6.07 Å². The largest absolute Gasteiger partial charge is 0.454 e. The van der Waals surface area contributed by atoms with Gasteiger partial charge < -0.3 is 19.3 Å². The van der Waals surface area contributed by atoms with E-state index in [9.17, 15) is 13.2 Å². The van der Waals surface area contributed by atoms with E-state index in [0.717, 1.165) is 24.8 Å². The Labute approximate surface area is 172 Å². The van der Waals surface area contributed by atoms with Crippen LogP contribution in [-0.4, -0.2) is 65.6 Å². The predicted octanol–water partition coefficient (Wildman–Crippen LogP) is 2.78. The average molecular weight is 424 g/mol. The van der Waals surface area contributed by atoms with E-state index in [-0.39, 0.29) is 12.1 Å². The summed E-state index contributed by atoms with van der Waals surface area (Å²) >= 11 is 0. The van der Waals surface area contributed by atoms with Crippen molar-refractivity contribution in [2.45, 2.75) is 31.5 Å². The quantitative estimate of drug-likeness (QED) is 0.725. The molecule has 0 N–H and O–H groups in total. The van der Waals surface area contributed by atoms with Gasteiger partial charge in [0.25, 0.3) is 0 Å². The van der Waals surface area contributed by atoms with Crippen molar-refractivity contribution in [3.63, 3.8) is 0 Å². The minimum Gasteiger partial charge on any atom is -0.454 e. The maximum absolute atomic E-state index is 12.7. The van der Waals surface area contributed by atoms with Crippen LogP contribution in [0.1, 0.15) is 30.9 Å². The van der Waals surface area contributed by atoms with Gasteiger partial charge in [0.2, 0.25) is 11.9 Å². The lowest BCUT2D eigenvalue weighted by Crippen LogP contribution is -2.39. The molecule has 30 heavy (non-hydrogen) atoms. The Balaban J connectivity index is 1.67. The molecule has 2 aliphatic heterocycles. The Morgan fingerprint density at radius 3 is 2.60 bits per heavy atom. The molecule has 0 aromatic carbocycles. The zero-order valence-corrected chi connectivity index (χ0v) is 16.4. The van der Waals surface area contributed by atoms with Crippen molar-refractivity contribution in [2.24, 2.45) is 0 Å². The molecule has 2 aliphatic rings. The van der Waals surface area contributed by atoms with Crippen LogP contribution in [0.4, 0.5) is 25.1 Å². The number of piperidine rings is 1. The van der Waals surface area contributed by atoms with Crippen molar-refractivity contribution in [2.75, 3.05) is 49.3 Å². The molecule has 11 heteroatoms. The molecule has 2 aromatic heterocycles. The van der Waals surface area contributed by atoms with Crippen molar-refractivity contribution >= 4 is 11.9 Å². The van der Waals surface area contributed by atoms with Crippen LogP contribution in [0.2, 0.25) is 0 Å². The zero-order chi connectivity index (χ0) is 21.0. The third-order valence-electron chi connectivity index (χ3n) is 5.08. The van der Waals surface area contributed by atoms with Gasteiger partial charge in [0.05, 0.1) is 19.3 Å². The summed E-state index contributed by atoms with van der Waals surface area (Å²) < 4.78 is 48.3. The highest BCUT2D eigenvalue weighted by molar-refractivity contribution is 5.43. The second-order valence-electron chi connectivity index (χ2n) is 7.21. The summed E-state index contributed by atoms with van der Waals surface area (Å²) in [6, 6.07) is 3.52. The molecule has 2 aromatic rings. The minimum atomic E-state index is -4.48. The molecule has 4 rings (SSSR count). The van der Waals surface area contributed by atoms with E-state index < -0.39 is 12.8 Å². The third-order valence-corrected chi connectivity index (χ3v) is 5.08. The maximum Gasteiger partial charge on any atom is 0.422 e. The summed E-state index contributed by atoms with van der Waals surface area (Å²) in [7, 11) is 0. The maximum atomic E-state index is 12.7. The summed E-state index contributed by atoms with van der Waals surface area (Å²) in [6.45, 7) is 1.34. The molecule has 0 unspecified atom stereocenters. The summed E-state index contributed by atoms with van der Waals surface area (Å²) in [6.07, 6.45) is 1.88. The van der Waals surface area contributed by atoms with Crippen LogP contribution in [0.15, 0.2) is 24.5 Å². The van der Waals surface area contributed by atoms with Crippen LogP contribution >= 0.6 is 0 Å². The number of aromatic nitrogens is 4. The molecule has 1 atom stereocenters. The molecule has 8 nitrogen and oxygen atoms in total. The number of hydrogen-bond donors (Lipinski definition) is 0. The highest BCUT2D eigenvalue weighted by Crippen LogP contribution is 2.34. The Bertz CT molecular complexity index is 833. The molecule has 4 heterocycles. The topological polar surface area (TPSA) is 76.5 Å². The molecule has 0 saturated carbocycles. The van der Waals surface area contributed by atoms with Crippen LogP contribution in [0.25, 0.3) is 0 Å². The number of ether oxygens (including phenoxy) is 2. The monoisotopic (exact) mass is 424 g/mol. The summed E-state index contributed by atoms with van der Waals surface area (Å²) in [5, 5.41) is 0. The standard InChI is InChI=1S/C19H23F3N6O2/c20-19(21,22)13-30-18-25-16(27-8-10-29-11-9-27)24-17(26-18)28-7-2-1-5-15(28)14-4-3-6-23-12-14/h3-4,6,12,15H,1-2,5,7-11,13H2/t15-/m0/s1. The average Bonchev–Trinajstić information content (AvgIpc) is 2.78. The number of anilines is 2. The van der Waals surface area contributed by atoms with E-state index in [4.69, 9.17) is 9.47 Å². The Morgan fingerprint density at radius 2 is 1.87 bits per heavy atom. The first-order chi connectivity index (χ1) is 14.5. The first kappa shape index (κ1) is 20.6. The molecule has 0 aliphatic carbocycles. The lowest BCUT2D eigenvalue weighted by Gasteiger charge is -2.36. The van der Waals surface area contributed by atoms with Gasteiger partial charge in [0, 0.05) is 32.0 Å². The summed E-state index contributed by atoms with van der Waals surface area (Å²) in [5.74, 6) is 0.619. The fraction of sp³-hybridized carbons (Fsp3) is 0.579. The van der Waals surface area contributed by atoms with Gasteiger partial charge in [-0.2, -0.15) is 28.1 Å². The Morgan fingerprint density at radius 1 is 1.07 bits per heavy atom. The van der Waals surface area contributed by atoms with Crippen LogP contribution in [0, 0.1) is 0 Å². The minimum absolute atomic E-state index is 0.0112. The molecule has 0 spiro atoms.